The van der Waals surface area contributed by atoms with Crippen LogP contribution in [0.15, 0.2) is 42.5 Å². The van der Waals surface area contributed by atoms with Crippen LogP contribution in [0.5, 0.6) is 0 Å². The van der Waals surface area contributed by atoms with E-state index in [9.17, 15) is 23.2 Å². The van der Waals surface area contributed by atoms with Crippen molar-refractivity contribution in [3.63, 3.8) is 0 Å². The van der Waals surface area contributed by atoms with Crippen molar-refractivity contribution in [2.75, 3.05) is 22.1 Å². The molecule has 0 bridgehead atoms. The minimum absolute atomic E-state index is 0.0276. The summed E-state index contributed by atoms with van der Waals surface area (Å²) in [6, 6.07) is 9.49. The van der Waals surface area contributed by atoms with E-state index in [4.69, 9.17) is 0 Å². The molecule has 8 heteroatoms. The predicted molar refractivity (Wildman–Crippen MR) is 101 cm³/mol. The maximum atomic E-state index is 13.4. The van der Waals surface area contributed by atoms with E-state index in [0.29, 0.717) is 17.8 Å². The molecule has 1 aliphatic heterocycles. The lowest BCUT2D eigenvalue weighted by atomic mass is 10.1. The van der Waals surface area contributed by atoms with Crippen molar-refractivity contribution < 1.29 is 23.2 Å². The molecule has 2 N–H and O–H groups in total. The van der Waals surface area contributed by atoms with Crippen LogP contribution in [-0.4, -0.2) is 24.3 Å². The van der Waals surface area contributed by atoms with Crippen LogP contribution in [0.4, 0.5) is 25.8 Å². The molecule has 28 heavy (non-hydrogen) atoms. The van der Waals surface area contributed by atoms with Crippen molar-refractivity contribution in [3.05, 3.63) is 54.1 Å². The van der Waals surface area contributed by atoms with Gasteiger partial charge in [0.15, 0.2) is 0 Å². The lowest BCUT2D eigenvalue weighted by molar-refractivity contribution is -0.122. The van der Waals surface area contributed by atoms with Crippen molar-refractivity contribution >= 4 is 34.8 Å². The summed E-state index contributed by atoms with van der Waals surface area (Å²) >= 11 is 0. The van der Waals surface area contributed by atoms with Crippen LogP contribution in [0, 0.1) is 17.6 Å². The molecule has 1 saturated heterocycles. The van der Waals surface area contributed by atoms with Gasteiger partial charge in [-0.3, -0.25) is 14.4 Å². The second kappa shape index (κ2) is 8.16. The van der Waals surface area contributed by atoms with Crippen molar-refractivity contribution in [2.45, 2.75) is 19.8 Å². The van der Waals surface area contributed by atoms with Gasteiger partial charge in [0.2, 0.25) is 17.7 Å². The normalized spacial score (nSPS) is 16.2. The van der Waals surface area contributed by atoms with Crippen LogP contribution >= 0.6 is 0 Å². The molecular formula is C20H19F2N3O3. The van der Waals surface area contributed by atoms with E-state index >= 15 is 0 Å². The zero-order valence-electron chi connectivity index (χ0n) is 15.2. The van der Waals surface area contributed by atoms with Gasteiger partial charge >= 0.3 is 0 Å². The van der Waals surface area contributed by atoms with E-state index < -0.39 is 17.6 Å². The van der Waals surface area contributed by atoms with Crippen LogP contribution in [0.2, 0.25) is 0 Å². The van der Waals surface area contributed by atoms with E-state index in [0.717, 1.165) is 18.2 Å². The van der Waals surface area contributed by atoms with E-state index in [1.165, 1.54) is 4.90 Å². The Bertz CT molecular complexity index is 912. The second-order valence-corrected chi connectivity index (χ2v) is 6.50. The first-order valence-electron chi connectivity index (χ1n) is 8.83. The Hall–Kier alpha value is -3.29. The van der Waals surface area contributed by atoms with Crippen molar-refractivity contribution in [2.24, 2.45) is 5.92 Å². The summed E-state index contributed by atoms with van der Waals surface area (Å²) < 4.78 is 26.8. The number of anilines is 3. The van der Waals surface area contributed by atoms with Crippen LogP contribution in [-0.2, 0) is 14.4 Å². The number of carbonyl (C=O) groups is 3. The summed E-state index contributed by atoms with van der Waals surface area (Å²) in [6.45, 7) is 1.76. The summed E-state index contributed by atoms with van der Waals surface area (Å²) in [5, 5.41) is 5.41. The number of halogens is 2. The number of benzene rings is 2. The molecule has 0 spiro atoms. The Labute approximate surface area is 160 Å². The largest absolute Gasteiger partial charge is 0.326 e. The van der Waals surface area contributed by atoms with E-state index in [1.54, 1.807) is 31.2 Å². The maximum absolute atomic E-state index is 13.4. The maximum Gasteiger partial charge on any atom is 0.229 e. The molecule has 1 fully saturated rings. The highest BCUT2D eigenvalue weighted by atomic mass is 19.1. The summed E-state index contributed by atoms with van der Waals surface area (Å²) in [5.74, 6) is -3.15. The highest BCUT2D eigenvalue weighted by Crippen LogP contribution is 2.27. The fraction of sp³-hybridized carbons (Fsp3) is 0.250. The number of hydrogen-bond acceptors (Lipinski definition) is 3. The molecule has 0 saturated carbocycles. The Morgan fingerprint density at radius 3 is 2.36 bits per heavy atom. The summed E-state index contributed by atoms with van der Waals surface area (Å²) in [5.41, 5.74) is 1.10. The topological polar surface area (TPSA) is 78.5 Å². The molecule has 146 valence electrons. The monoisotopic (exact) mass is 387 g/mol. The lowest BCUT2D eigenvalue weighted by Crippen LogP contribution is -2.28. The Kier molecular flexibility index (Phi) is 5.67. The first-order valence-corrected chi connectivity index (χ1v) is 8.83. The highest BCUT2D eigenvalue weighted by Gasteiger charge is 2.35. The smallest absolute Gasteiger partial charge is 0.229 e. The molecule has 1 heterocycles. The zero-order chi connectivity index (χ0) is 20.3. The molecule has 6 nitrogen and oxygen atoms in total. The van der Waals surface area contributed by atoms with Crippen molar-refractivity contribution in [1.82, 2.24) is 0 Å². The average Bonchev–Trinajstić information content (AvgIpc) is 3.03. The zero-order valence-corrected chi connectivity index (χ0v) is 15.2. The minimum Gasteiger partial charge on any atom is -0.326 e. The number of rotatable bonds is 5. The summed E-state index contributed by atoms with van der Waals surface area (Å²) in [4.78, 5) is 37.4. The van der Waals surface area contributed by atoms with E-state index in [-0.39, 0.29) is 36.4 Å². The molecule has 2 aromatic rings. The first-order chi connectivity index (χ1) is 13.4. The molecule has 0 aromatic heterocycles. The standard InChI is InChI=1S/C20H19F2N3O3/c1-2-18(26)23-15-4-3-5-16(10-15)24-20(28)12-6-19(27)25(11-12)17-8-13(21)7-14(22)9-17/h3-5,7-10,12H,2,6,11H2,1H3,(H,23,26)(H,24,28). The molecule has 2 aromatic carbocycles. The number of nitrogens with one attached hydrogen (secondary N) is 2. The molecule has 1 unspecified atom stereocenters. The van der Waals surface area contributed by atoms with Gasteiger partial charge in [-0.25, -0.2) is 8.78 Å². The third-order valence-corrected chi connectivity index (χ3v) is 4.39. The fourth-order valence-corrected chi connectivity index (χ4v) is 3.00. The predicted octanol–water partition coefficient (Wildman–Crippen LogP) is 3.30. The molecule has 1 aliphatic rings. The number of carbonyl (C=O) groups excluding carboxylic acids is 3. The highest BCUT2D eigenvalue weighted by molar-refractivity contribution is 6.03. The van der Waals surface area contributed by atoms with E-state index in [2.05, 4.69) is 10.6 Å². The lowest BCUT2D eigenvalue weighted by Gasteiger charge is -2.17. The van der Waals surface area contributed by atoms with Gasteiger partial charge in [-0.05, 0) is 30.3 Å². The van der Waals surface area contributed by atoms with Gasteiger partial charge in [-0.15, -0.1) is 0 Å². The van der Waals surface area contributed by atoms with Gasteiger partial charge in [-0.1, -0.05) is 13.0 Å². The van der Waals surface area contributed by atoms with Gasteiger partial charge < -0.3 is 15.5 Å². The van der Waals surface area contributed by atoms with Gasteiger partial charge in [-0.2, -0.15) is 0 Å². The van der Waals surface area contributed by atoms with Crippen LogP contribution in [0.25, 0.3) is 0 Å². The van der Waals surface area contributed by atoms with Gasteiger partial charge in [0, 0.05) is 42.5 Å². The SMILES string of the molecule is CCC(=O)Nc1cccc(NC(=O)C2CC(=O)N(c3cc(F)cc(F)c3)C2)c1. The molecular weight excluding hydrogens is 368 g/mol. The van der Waals surface area contributed by atoms with Gasteiger partial charge in [0.1, 0.15) is 11.6 Å². The molecule has 1 atom stereocenters. The fourth-order valence-electron chi connectivity index (χ4n) is 3.00. The van der Waals surface area contributed by atoms with Gasteiger partial charge in [0.25, 0.3) is 0 Å². The summed E-state index contributed by atoms with van der Waals surface area (Å²) in [7, 11) is 0. The number of hydrogen-bond donors (Lipinski definition) is 2. The van der Waals surface area contributed by atoms with E-state index in [1.807, 2.05) is 0 Å². The quantitative estimate of drug-likeness (QED) is 0.826. The van der Waals surface area contributed by atoms with Crippen molar-refractivity contribution in [3.8, 4) is 0 Å². The molecule has 0 radical (unpaired) electrons. The minimum atomic E-state index is -0.790. The Balaban J connectivity index is 1.68. The first kappa shape index (κ1) is 19.5. The molecule has 0 aliphatic carbocycles. The second-order valence-electron chi connectivity index (χ2n) is 6.50. The van der Waals surface area contributed by atoms with Gasteiger partial charge in [0.05, 0.1) is 5.92 Å². The number of nitrogens with zero attached hydrogens (tertiary/aromatic N) is 1. The summed E-state index contributed by atoms with van der Waals surface area (Å²) in [6.07, 6.45) is 0.271. The molecule has 3 amide bonds. The average molecular weight is 387 g/mol. The third-order valence-electron chi connectivity index (χ3n) is 4.39. The number of amides is 3. The van der Waals surface area contributed by atoms with Crippen LogP contribution in [0.1, 0.15) is 19.8 Å². The Morgan fingerprint density at radius 2 is 1.71 bits per heavy atom. The Morgan fingerprint density at radius 1 is 1.07 bits per heavy atom. The van der Waals surface area contributed by atoms with Crippen LogP contribution in [0.3, 0.4) is 0 Å². The van der Waals surface area contributed by atoms with Crippen molar-refractivity contribution in [1.29, 1.82) is 0 Å². The van der Waals surface area contributed by atoms with Crippen LogP contribution < -0.4 is 15.5 Å². The molecule has 3 rings (SSSR count). The third kappa shape index (κ3) is 4.51.